The van der Waals surface area contributed by atoms with Crippen molar-refractivity contribution in [3.63, 3.8) is 0 Å². The molecular weight excluding hydrogens is 344 g/mol. The standard InChI is InChI=1S/C20H26N4O3/c1-14-5-8-18(23-12-14)21-9-4-10-22-20(25)19(24(2)3)15-6-7-16-17(11-15)27-13-26-16/h5-8,11-12,19H,4,9-10,13H2,1-3H3,(H,21,23)(H,22,25). The number of fused-ring (bicyclic) bond motifs is 1. The number of likely N-dealkylation sites (N-methyl/N-ethyl adjacent to an activating group) is 1. The topological polar surface area (TPSA) is 75.7 Å². The highest BCUT2D eigenvalue weighted by Gasteiger charge is 2.25. The summed E-state index contributed by atoms with van der Waals surface area (Å²) in [4.78, 5) is 18.9. The summed E-state index contributed by atoms with van der Waals surface area (Å²) in [7, 11) is 3.78. The van der Waals surface area contributed by atoms with Crippen molar-refractivity contribution in [2.75, 3.05) is 39.3 Å². The Morgan fingerprint density at radius 2 is 2.00 bits per heavy atom. The summed E-state index contributed by atoms with van der Waals surface area (Å²) in [5.74, 6) is 2.21. The van der Waals surface area contributed by atoms with E-state index in [1.165, 1.54) is 0 Å². The van der Waals surface area contributed by atoms with Gasteiger partial charge in [-0.1, -0.05) is 12.1 Å². The van der Waals surface area contributed by atoms with E-state index in [4.69, 9.17) is 9.47 Å². The molecule has 1 aliphatic heterocycles. The van der Waals surface area contributed by atoms with Crippen LogP contribution >= 0.6 is 0 Å². The van der Waals surface area contributed by atoms with Gasteiger partial charge in [0.1, 0.15) is 11.9 Å². The van der Waals surface area contributed by atoms with E-state index in [-0.39, 0.29) is 18.7 Å². The Morgan fingerprint density at radius 3 is 2.74 bits per heavy atom. The van der Waals surface area contributed by atoms with Gasteiger partial charge < -0.3 is 20.1 Å². The van der Waals surface area contributed by atoms with Gasteiger partial charge in [-0.15, -0.1) is 0 Å². The predicted octanol–water partition coefficient (Wildman–Crippen LogP) is 2.34. The Morgan fingerprint density at radius 1 is 1.19 bits per heavy atom. The van der Waals surface area contributed by atoms with E-state index >= 15 is 0 Å². The van der Waals surface area contributed by atoms with E-state index in [1.807, 2.05) is 62.4 Å². The number of aromatic nitrogens is 1. The van der Waals surface area contributed by atoms with Crippen LogP contribution in [0.15, 0.2) is 36.5 Å². The first-order valence-corrected chi connectivity index (χ1v) is 9.05. The van der Waals surface area contributed by atoms with Gasteiger partial charge in [-0.2, -0.15) is 0 Å². The number of carbonyl (C=O) groups is 1. The van der Waals surface area contributed by atoms with E-state index < -0.39 is 0 Å². The minimum absolute atomic E-state index is 0.0349. The summed E-state index contributed by atoms with van der Waals surface area (Å²) in [6.07, 6.45) is 2.64. The van der Waals surface area contributed by atoms with Gasteiger partial charge in [-0.25, -0.2) is 4.98 Å². The summed E-state index contributed by atoms with van der Waals surface area (Å²) in [6, 6.07) is 9.21. The molecule has 144 valence electrons. The molecule has 1 aromatic carbocycles. The molecule has 7 nitrogen and oxygen atoms in total. The number of hydrogen-bond acceptors (Lipinski definition) is 6. The third-order valence-electron chi connectivity index (χ3n) is 4.35. The zero-order chi connectivity index (χ0) is 19.2. The van der Waals surface area contributed by atoms with Crippen molar-refractivity contribution in [1.29, 1.82) is 0 Å². The zero-order valence-electron chi connectivity index (χ0n) is 16.0. The zero-order valence-corrected chi connectivity index (χ0v) is 16.0. The van der Waals surface area contributed by atoms with Gasteiger partial charge in [-0.3, -0.25) is 9.69 Å². The quantitative estimate of drug-likeness (QED) is 0.695. The molecule has 1 aromatic heterocycles. The number of ether oxygens (including phenoxy) is 2. The van der Waals surface area contributed by atoms with E-state index in [1.54, 1.807) is 0 Å². The molecule has 27 heavy (non-hydrogen) atoms. The summed E-state index contributed by atoms with van der Waals surface area (Å²) in [6.45, 7) is 3.56. The molecule has 1 unspecified atom stereocenters. The lowest BCUT2D eigenvalue weighted by Crippen LogP contribution is -2.37. The number of rotatable bonds is 8. The number of pyridine rings is 1. The van der Waals surface area contributed by atoms with Crippen LogP contribution in [0.2, 0.25) is 0 Å². The Kier molecular flexibility index (Phi) is 6.13. The highest BCUT2D eigenvalue weighted by molar-refractivity contribution is 5.83. The molecule has 3 rings (SSSR count). The van der Waals surface area contributed by atoms with Crippen molar-refractivity contribution < 1.29 is 14.3 Å². The average molecular weight is 370 g/mol. The molecule has 0 saturated heterocycles. The van der Waals surface area contributed by atoms with Crippen molar-refractivity contribution in [2.45, 2.75) is 19.4 Å². The van der Waals surface area contributed by atoms with E-state index in [9.17, 15) is 4.79 Å². The number of carbonyl (C=O) groups excluding carboxylic acids is 1. The van der Waals surface area contributed by atoms with Crippen LogP contribution < -0.4 is 20.1 Å². The van der Waals surface area contributed by atoms with Crippen LogP contribution in [0.5, 0.6) is 11.5 Å². The molecule has 0 aliphatic carbocycles. The highest BCUT2D eigenvalue weighted by atomic mass is 16.7. The fourth-order valence-electron chi connectivity index (χ4n) is 2.95. The molecule has 2 N–H and O–H groups in total. The van der Waals surface area contributed by atoms with Crippen molar-refractivity contribution in [3.8, 4) is 11.5 Å². The van der Waals surface area contributed by atoms with Crippen LogP contribution in [0.3, 0.4) is 0 Å². The molecule has 0 spiro atoms. The number of benzene rings is 1. The molecule has 1 aliphatic rings. The number of hydrogen-bond donors (Lipinski definition) is 2. The highest BCUT2D eigenvalue weighted by Crippen LogP contribution is 2.35. The summed E-state index contributed by atoms with van der Waals surface area (Å²) < 4.78 is 10.8. The van der Waals surface area contributed by atoms with Gasteiger partial charge in [0, 0.05) is 19.3 Å². The molecule has 2 heterocycles. The van der Waals surface area contributed by atoms with Crippen molar-refractivity contribution >= 4 is 11.7 Å². The number of amides is 1. The largest absolute Gasteiger partial charge is 0.454 e. The summed E-state index contributed by atoms with van der Waals surface area (Å²) >= 11 is 0. The van der Waals surface area contributed by atoms with Gasteiger partial charge in [0.15, 0.2) is 11.5 Å². The normalized spacial score (nSPS) is 13.5. The van der Waals surface area contributed by atoms with Crippen LogP contribution in [0.25, 0.3) is 0 Å². The van der Waals surface area contributed by atoms with E-state index in [2.05, 4.69) is 15.6 Å². The molecule has 2 aromatic rings. The number of nitrogens with zero attached hydrogens (tertiary/aromatic N) is 2. The second kappa shape index (κ2) is 8.73. The fourth-order valence-corrected chi connectivity index (χ4v) is 2.95. The lowest BCUT2D eigenvalue weighted by atomic mass is 10.0. The predicted molar refractivity (Wildman–Crippen MR) is 104 cm³/mol. The second-order valence-corrected chi connectivity index (χ2v) is 6.77. The molecule has 1 amide bonds. The van der Waals surface area contributed by atoms with Gasteiger partial charge >= 0.3 is 0 Å². The molecule has 7 heteroatoms. The smallest absolute Gasteiger partial charge is 0.241 e. The summed E-state index contributed by atoms with van der Waals surface area (Å²) in [5, 5.41) is 6.27. The van der Waals surface area contributed by atoms with Crippen molar-refractivity contribution in [3.05, 3.63) is 47.7 Å². The van der Waals surface area contributed by atoms with Crippen LogP contribution in [0.4, 0.5) is 5.82 Å². The third kappa shape index (κ3) is 4.89. The third-order valence-corrected chi connectivity index (χ3v) is 4.35. The molecule has 0 fully saturated rings. The van der Waals surface area contributed by atoms with Gasteiger partial charge in [0.05, 0.1) is 0 Å². The van der Waals surface area contributed by atoms with Gasteiger partial charge in [-0.05, 0) is 56.8 Å². The maximum Gasteiger partial charge on any atom is 0.241 e. The Bertz CT molecular complexity index is 777. The van der Waals surface area contributed by atoms with Crippen molar-refractivity contribution in [1.82, 2.24) is 15.2 Å². The molecule has 0 bridgehead atoms. The second-order valence-electron chi connectivity index (χ2n) is 6.77. The first kappa shape index (κ1) is 19.0. The first-order valence-electron chi connectivity index (χ1n) is 9.05. The minimum atomic E-state index is -0.383. The van der Waals surface area contributed by atoms with Crippen LogP contribution in [0.1, 0.15) is 23.6 Å². The monoisotopic (exact) mass is 370 g/mol. The lowest BCUT2D eigenvalue weighted by molar-refractivity contribution is -0.125. The number of anilines is 1. The average Bonchev–Trinajstić information content (AvgIpc) is 3.10. The van der Waals surface area contributed by atoms with Crippen molar-refractivity contribution in [2.24, 2.45) is 0 Å². The van der Waals surface area contributed by atoms with Crippen LogP contribution in [-0.4, -0.2) is 49.8 Å². The fraction of sp³-hybridized carbons (Fsp3) is 0.400. The van der Waals surface area contributed by atoms with E-state index in [0.29, 0.717) is 18.0 Å². The molecular formula is C20H26N4O3. The lowest BCUT2D eigenvalue weighted by Gasteiger charge is -2.24. The van der Waals surface area contributed by atoms with Crippen LogP contribution in [0, 0.1) is 6.92 Å². The Labute approximate surface area is 159 Å². The molecule has 0 radical (unpaired) electrons. The van der Waals surface area contributed by atoms with Gasteiger partial charge in [0.2, 0.25) is 12.7 Å². The van der Waals surface area contributed by atoms with Gasteiger partial charge in [0.25, 0.3) is 0 Å². The Hall–Kier alpha value is -2.80. The summed E-state index contributed by atoms with van der Waals surface area (Å²) in [5.41, 5.74) is 2.01. The first-order chi connectivity index (χ1) is 13.0. The number of aryl methyl sites for hydroxylation is 1. The molecule has 0 saturated carbocycles. The SMILES string of the molecule is Cc1ccc(NCCCNC(=O)C(c2ccc3c(c2)OCO3)N(C)C)nc1. The maximum absolute atomic E-state index is 12.7. The van der Waals surface area contributed by atoms with Crippen LogP contribution in [-0.2, 0) is 4.79 Å². The number of nitrogens with one attached hydrogen (secondary N) is 2. The maximum atomic E-state index is 12.7. The molecule has 1 atom stereocenters. The minimum Gasteiger partial charge on any atom is -0.454 e. The van der Waals surface area contributed by atoms with E-state index in [0.717, 1.165) is 29.9 Å². The Balaban J connectivity index is 1.49.